The number of anilines is 2. The molecule has 6 nitrogen and oxygen atoms in total. The fourth-order valence-electron chi connectivity index (χ4n) is 1.71. The molecule has 4 N–H and O–H groups in total. The van der Waals surface area contributed by atoms with Crippen LogP contribution in [0, 0.1) is 0 Å². The van der Waals surface area contributed by atoms with Gasteiger partial charge in [0.15, 0.2) is 17.3 Å². The minimum Gasteiger partial charge on any atom is -0.454 e. The summed E-state index contributed by atoms with van der Waals surface area (Å²) in [6, 6.07) is 7.23. The molecule has 1 aliphatic heterocycles. The van der Waals surface area contributed by atoms with Crippen molar-refractivity contribution in [2.75, 3.05) is 18.3 Å². The second-order valence-electron chi connectivity index (χ2n) is 3.64. The summed E-state index contributed by atoms with van der Waals surface area (Å²) >= 11 is 0. The van der Waals surface area contributed by atoms with E-state index >= 15 is 0 Å². The van der Waals surface area contributed by atoms with Crippen LogP contribution in [-0.2, 0) is 0 Å². The molecule has 17 heavy (non-hydrogen) atoms. The smallest absolute Gasteiger partial charge is 0.231 e. The van der Waals surface area contributed by atoms with Crippen molar-refractivity contribution in [3.63, 3.8) is 0 Å². The van der Waals surface area contributed by atoms with Crippen molar-refractivity contribution in [1.82, 2.24) is 10.2 Å². The van der Waals surface area contributed by atoms with Crippen molar-refractivity contribution in [2.24, 2.45) is 0 Å². The van der Waals surface area contributed by atoms with Crippen molar-refractivity contribution in [3.05, 3.63) is 24.3 Å². The lowest BCUT2D eigenvalue weighted by molar-refractivity contribution is 0.174. The van der Waals surface area contributed by atoms with E-state index in [0.717, 1.165) is 16.9 Å². The molecule has 2 aromatic rings. The van der Waals surface area contributed by atoms with Crippen molar-refractivity contribution in [3.8, 4) is 22.6 Å². The van der Waals surface area contributed by atoms with E-state index in [-0.39, 0.29) is 6.79 Å². The summed E-state index contributed by atoms with van der Waals surface area (Å²) in [5, 5.41) is 7.46. The molecule has 0 saturated heterocycles. The first-order chi connectivity index (χ1) is 8.24. The van der Waals surface area contributed by atoms with E-state index in [9.17, 15) is 0 Å². The molecule has 1 aliphatic rings. The van der Waals surface area contributed by atoms with Gasteiger partial charge in [0.05, 0.1) is 0 Å². The number of nitrogen functional groups attached to an aromatic ring is 2. The number of aromatic nitrogens is 2. The van der Waals surface area contributed by atoms with Gasteiger partial charge in [-0.25, -0.2) is 0 Å². The van der Waals surface area contributed by atoms with Crippen LogP contribution in [0.1, 0.15) is 0 Å². The summed E-state index contributed by atoms with van der Waals surface area (Å²) in [6.07, 6.45) is 0. The number of fused-ring (bicyclic) bond motifs is 1. The number of hydrogen-bond acceptors (Lipinski definition) is 6. The largest absolute Gasteiger partial charge is 0.454 e. The summed E-state index contributed by atoms with van der Waals surface area (Å²) in [6.45, 7) is 0.241. The maximum Gasteiger partial charge on any atom is 0.231 e. The monoisotopic (exact) mass is 230 g/mol. The molecule has 0 radical (unpaired) electrons. The molecule has 1 aromatic heterocycles. The Labute approximate surface area is 97.2 Å². The maximum absolute atomic E-state index is 5.77. The summed E-state index contributed by atoms with van der Waals surface area (Å²) in [7, 11) is 0. The van der Waals surface area contributed by atoms with Crippen LogP contribution in [0.25, 0.3) is 11.1 Å². The Morgan fingerprint density at radius 3 is 2.71 bits per heavy atom. The van der Waals surface area contributed by atoms with Crippen LogP contribution in [0.3, 0.4) is 0 Å². The molecule has 86 valence electrons. The Hall–Kier alpha value is -2.50. The van der Waals surface area contributed by atoms with Gasteiger partial charge in [-0.1, -0.05) is 6.07 Å². The van der Waals surface area contributed by atoms with Gasteiger partial charge in [0.1, 0.15) is 5.82 Å². The summed E-state index contributed by atoms with van der Waals surface area (Å²) in [5.74, 6) is 2.07. The quantitative estimate of drug-likeness (QED) is 0.759. The predicted molar refractivity (Wildman–Crippen MR) is 62.4 cm³/mol. The van der Waals surface area contributed by atoms with E-state index in [1.165, 1.54) is 0 Å². The second-order valence-corrected chi connectivity index (χ2v) is 3.64. The van der Waals surface area contributed by atoms with Gasteiger partial charge in [0, 0.05) is 5.56 Å². The van der Waals surface area contributed by atoms with E-state index in [2.05, 4.69) is 10.2 Å². The van der Waals surface area contributed by atoms with Gasteiger partial charge < -0.3 is 20.9 Å². The Bertz CT molecular complexity index is 586. The van der Waals surface area contributed by atoms with Crippen LogP contribution in [0.4, 0.5) is 11.6 Å². The average molecular weight is 230 g/mol. The van der Waals surface area contributed by atoms with E-state index in [0.29, 0.717) is 17.4 Å². The standard InChI is InChI=1S/C11H10N4O2/c12-10-4-7(11(13)15-14-10)6-1-2-8-9(3-6)17-5-16-8/h1-4H,5H2,(H2,12,14)(H2,13,15). The third-order valence-corrected chi connectivity index (χ3v) is 2.52. The zero-order valence-corrected chi connectivity index (χ0v) is 8.88. The first-order valence-electron chi connectivity index (χ1n) is 5.03. The zero-order valence-electron chi connectivity index (χ0n) is 8.88. The lowest BCUT2D eigenvalue weighted by Crippen LogP contribution is -2.00. The highest BCUT2D eigenvalue weighted by Gasteiger charge is 2.15. The van der Waals surface area contributed by atoms with Crippen molar-refractivity contribution >= 4 is 11.6 Å². The Morgan fingerprint density at radius 2 is 1.82 bits per heavy atom. The van der Waals surface area contributed by atoms with Gasteiger partial charge in [-0.05, 0) is 23.8 Å². The fraction of sp³-hybridized carbons (Fsp3) is 0.0909. The van der Waals surface area contributed by atoms with Crippen LogP contribution < -0.4 is 20.9 Å². The third-order valence-electron chi connectivity index (χ3n) is 2.52. The van der Waals surface area contributed by atoms with Gasteiger partial charge in [-0.3, -0.25) is 0 Å². The van der Waals surface area contributed by atoms with Crippen molar-refractivity contribution in [2.45, 2.75) is 0 Å². The first-order valence-corrected chi connectivity index (χ1v) is 5.03. The minimum absolute atomic E-state index is 0.241. The van der Waals surface area contributed by atoms with E-state index < -0.39 is 0 Å². The molecule has 6 heteroatoms. The van der Waals surface area contributed by atoms with Crippen LogP contribution in [0.2, 0.25) is 0 Å². The number of ether oxygens (including phenoxy) is 2. The minimum atomic E-state index is 0.241. The van der Waals surface area contributed by atoms with Crippen LogP contribution in [0.5, 0.6) is 11.5 Å². The molecule has 1 aromatic carbocycles. The third kappa shape index (κ3) is 1.59. The number of rotatable bonds is 1. The summed E-state index contributed by atoms with van der Waals surface area (Å²) < 4.78 is 10.5. The van der Waals surface area contributed by atoms with E-state index in [1.54, 1.807) is 6.07 Å². The molecular weight excluding hydrogens is 220 g/mol. The van der Waals surface area contributed by atoms with Gasteiger partial charge in [0.2, 0.25) is 6.79 Å². The molecule has 0 atom stereocenters. The molecule has 0 amide bonds. The average Bonchev–Trinajstić information content (AvgIpc) is 2.79. The highest BCUT2D eigenvalue weighted by molar-refractivity contribution is 5.77. The molecule has 0 saturated carbocycles. The summed E-state index contributed by atoms with van der Waals surface area (Å²) in [4.78, 5) is 0. The zero-order chi connectivity index (χ0) is 11.8. The fourth-order valence-corrected chi connectivity index (χ4v) is 1.71. The lowest BCUT2D eigenvalue weighted by atomic mass is 10.1. The van der Waals surface area contributed by atoms with Gasteiger partial charge in [-0.15, -0.1) is 10.2 Å². The predicted octanol–water partition coefficient (Wildman–Crippen LogP) is 1.04. The highest BCUT2D eigenvalue weighted by atomic mass is 16.7. The molecule has 0 spiro atoms. The van der Waals surface area contributed by atoms with Gasteiger partial charge >= 0.3 is 0 Å². The van der Waals surface area contributed by atoms with E-state index in [4.69, 9.17) is 20.9 Å². The van der Waals surface area contributed by atoms with Crippen LogP contribution in [0.15, 0.2) is 24.3 Å². The molecule has 0 unspecified atom stereocenters. The molecule has 3 rings (SSSR count). The Morgan fingerprint density at radius 1 is 1.00 bits per heavy atom. The molecule has 0 aliphatic carbocycles. The van der Waals surface area contributed by atoms with Crippen LogP contribution in [-0.4, -0.2) is 17.0 Å². The maximum atomic E-state index is 5.77. The number of nitrogens with zero attached hydrogens (tertiary/aromatic N) is 2. The van der Waals surface area contributed by atoms with E-state index in [1.807, 2.05) is 18.2 Å². The second kappa shape index (κ2) is 3.51. The van der Waals surface area contributed by atoms with Gasteiger partial charge in [0.25, 0.3) is 0 Å². The van der Waals surface area contributed by atoms with Crippen LogP contribution >= 0.6 is 0 Å². The van der Waals surface area contributed by atoms with Gasteiger partial charge in [-0.2, -0.15) is 0 Å². The van der Waals surface area contributed by atoms with Crippen molar-refractivity contribution in [1.29, 1.82) is 0 Å². The Kier molecular flexibility index (Phi) is 2.01. The van der Waals surface area contributed by atoms with Crippen molar-refractivity contribution < 1.29 is 9.47 Å². The number of nitrogens with two attached hydrogens (primary N) is 2. The topological polar surface area (TPSA) is 96.3 Å². The SMILES string of the molecule is Nc1cc(-c2ccc3c(c2)OCO3)c(N)nn1. The molecular formula is C11H10N4O2. The molecule has 0 fully saturated rings. The number of benzene rings is 1. The molecule has 0 bridgehead atoms. The normalized spacial score (nSPS) is 12.7. The first kappa shape index (κ1) is 9.71. The Balaban J connectivity index is 2.12. The number of hydrogen-bond donors (Lipinski definition) is 2. The molecule has 2 heterocycles. The lowest BCUT2D eigenvalue weighted by Gasteiger charge is -2.06. The summed E-state index contributed by atoms with van der Waals surface area (Å²) in [5.41, 5.74) is 13.0. The highest BCUT2D eigenvalue weighted by Crippen LogP contribution is 2.37.